The molecule has 1 aromatic heterocycles. The Bertz CT molecular complexity index is 790. The predicted molar refractivity (Wildman–Crippen MR) is 141 cm³/mol. The van der Waals surface area contributed by atoms with Crippen molar-refractivity contribution in [3.8, 4) is 0 Å². The minimum absolute atomic E-state index is 0.582. The number of rotatable bonds is 2. The highest BCUT2D eigenvalue weighted by Crippen LogP contribution is 2.21. The zero-order chi connectivity index (χ0) is 23.7. The van der Waals surface area contributed by atoms with Crippen molar-refractivity contribution in [3.63, 3.8) is 0 Å². The van der Waals surface area contributed by atoms with E-state index in [9.17, 15) is 0 Å². The molecule has 3 aromatic rings. The van der Waals surface area contributed by atoms with Gasteiger partial charge in [0.05, 0.1) is 0 Å². The van der Waals surface area contributed by atoms with E-state index in [0.29, 0.717) is 5.92 Å². The first-order valence-corrected chi connectivity index (χ1v) is 11.2. The Morgan fingerprint density at radius 1 is 0.867 bits per heavy atom. The van der Waals surface area contributed by atoms with E-state index in [-0.39, 0.29) is 0 Å². The highest BCUT2D eigenvalue weighted by Gasteiger charge is 2.03. The second-order valence-electron chi connectivity index (χ2n) is 6.96. The number of aryl methyl sites for hydroxylation is 3. The predicted octanol–water partition coefficient (Wildman–Crippen LogP) is 8.43. The molecule has 2 N–H and O–H groups in total. The lowest BCUT2D eigenvalue weighted by Gasteiger charge is -2.09. The molecule has 0 amide bonds. The van der Waals surface area contributed by atoms with Crippen LogP contribution >= 0.6 is 0 Å². The molecule has 0 aliphatic heterocycles. The van der Waals surface area contributed by atoms with Gasteiger partial charge in [0.2, 0.25) is 0 Å². The van der Waals surface area contributed by atoms with Gasteiger partial charge in [-0.3, -0.25) is 0 Å². The van der Waals surface area contributed by atoms with E-state index < -0.39 is 0 Å². The number of aromatic nitrogens is 1. The van der Waals surface area contributed by atoms with Crippen molar-refractivity contribution in [3.05, 3.63) is 77.0 Å². The molecule has 1 heterocycles. The van der Waals surface area contributed by atoms with Crippen LogP contribution in [-0.4, -0.2) is 19.1 Å². The molecule has 0 aliphatic rings. The fourth-order valence-corrected chi connectivity index (χ4v) is 2.84. The van der Waals surface area contributed by atoms with E-state index in [4.69, 9.17) is 0 Å². The molecule has 0 bridgehead atoms. The van der Waals surface area contributed by atoms with Crippen LogP contribution in [0.2, 0.25) is 0 Å². The van der Waals surface area contributed by atoms with Crippen LogP contribution in [0.4, 0.5) is 0 Å². The van der Waals surface area contributed by atoms with Gasteiger partial charge < -0.3 is 10.3 Å². The van der Waals surface area contributed by atoms with Crippen LogP contribution in [-0.2, 0) is 0 Å². The Labute approximate surface area is 186 Å². The molecule has 0 radical (unpaired) electrons. The molecule has 2 aromatic carbocycles. The summed E-state index contributed by atoms with van der Waals surface area (Å²) in [6, 6.07) is 13.0. The molecular formula is C28H46N2. The molecule has 0 aliphatic carbocycles. The van der Waals surface area contributed by atoms with Gasteiger partial charge in [-0.05, 0) is 69.1 Å². The van der Waals surface area contributed by atoms with Crippen molar-refractivity contribution in [2.24, 2.45) is 0 Å². The molecule has 0 spiro atoms. The highest BCUT2D eigenvalue weighted by molar-refractivity contribution is 5.85. The van der Waals surface area contributed by atoms with E-state index in [1.165, 1.54) is 38.7 Å². The molecule has 30 heavy (non-hydrogen) atoms. The first-order chi connectivity index (χ1) is 14.3. The fraction of sp³-hybridized carbons (Fsp3) is 0.429. The average molecular weight is 411 g/mol. The Morgan fingerprint density at radius 2 is 1.40 bits per heavy atom. The van der Waals surface area contributed by atoms with E-state index in [0.717, 1.165) is 0 Å². The minimum atomic E-state index is 0.582. The van der Waals surface area contributed by atoms with Crippen molar-refractivity contribution in [2.45, 2.75) is 68.2 Å². The van der Waals surface area contributed by atoms with E-state index >= 15 is 0 Å². The highest BCUT2D eigenvalue weighted by atomic mass is 14.7. The number of hydrogen-bond acceptors (Lipinski definition) is 1. The smallest absolute Gasteiger partial charge is 0.0486 e. The number of aromatic amines is 1. The fourth-order valence-electron chi connectivity index (χ4n) is 2.84. The lowest BCUT2D eigenvalue weighted by Crippen LogP contribution is -1.91. The molecule has 2 nitrogen and oxygen atoms in total. The lowest BCUT2D eigenvalue weighted by molar-refractivity contribution is 0.863. The normalized spacial score (nSPS) is 9.07. The standard InChI is InChI=1S/C12H16.C10H11N.C2H7N.2C2H6/c1-5-11-8-10(4)6-7-12(11)9(2)3;1-7-3-4-8(2)10-9(7)5-6-11-10;1-3-2;2*1-2/h5-9H,1H2,2-4H3;3-6,11H,1-2H3;3H,1-2H3;2*1-2H3. The Hall–Kier alpha value is -2.32. The van der Waals surface area contributed by atoms with Crippen molar-refractivity contribution in [1.82, 2.24) is 10.3 Å². The van der Waals surface area contributed by atoms with Crippen LogP contribution in [0, 0.1) is 20.8 Å². The van der Waals surface area contributed by atoms with Gasteiger partial charge in [0.1, 0.15) is 0 Å². The Balaban J connectivity index is 0. The van der Waals surface area contributed by atoms with Crippen molar-refractivity contribution in [1.29, 1.82) is 0 Å². The SMILES string of the molecule is C=Cc1cc(C)ccc1C(C)C.CC.CC.CNC.Cc1ccc(C)c2[nH]ccc12. The van der Waals surface area contributed by atoms with Gasteiger partial charge >= 0.3 is 0 Å². The van der Waals surface area contributed by atoms with Gasteiger partial charge in [-0.25, -0.2) is 0 Å². The maximum Gasteiger partial charge on any atom is 0.0486 e. The monoisotopic (exact) mass is 410 g/mol. The Kier molecular flexibility index (Phi) is 17.5. The molecule has 2 heteroatoms. The molecule has 168 valence electrons. The zero-order valence-electron chi connectivity index (χ0n) is 21.4. The van der Waals surface area contributed by atoms with Crippen LogP contribution in [0.1, 0.15) is 75.3 Å². The minimum Gasteiger partial charge on any atom is -0.361 e. The van der Waals surface area contributed by atoms with Crippen LogP contribution in [0.3, 0.4) is 0 Å². The second kappa shape index (κ2) is 17.5. The molecule has 3 rings (SSSR count). The summed E-state index contributed by atoms with van der Waals surface area (Å²) in [7, 11) is 3.75. The van der Waals surface area contributed by atoms with Crippen LogP contribution < -0.4 is 5.32 Å². The summed E-state index contributed by atoms with van der Waals surface area (Å²) in [6.07, 6.45) is 3.92. The number of H-pyrrole nitrogens is 1. The first kappa shape index (κ1) is 29.9. The molecular weight excluding hydrogens is 364 g/mol. The van der Waals surface area contributed by atoms with Crippen LogP contribution in [0.15, 0.2) is 49.2 Å². The number of fused-ring (bicyclic) bond motifs is 1. The largest absolute Gasteiger partial charge is 0.361 e. The quantitative estimate of drug-likeness (QED) is 0.436. The van der Waals surface area contributed by atoms with E-state index in [1.54, 1.807) is 0 Å². The summed E-state index contributed by atoms with van der Waals surface area (Å²) < 4.78 is 0. The van der Waals surface area contributed by atoms with Gasteiger partial charge in [0.15, 0.2) is 0 Å². The molecule has 0 saturated carbocycles. The molecule has 0 saturated heterocycles. The maximum atomic E-state index is 3.82. The summed E-state index contributed by atoms with van der Waals surface area (Å²) in [5, 5.41) is 4.09. The molecule has 0 unspecified atom stereocenters. The van der Waals surface area contributed by atoms with E-state index in [1.807, 2.05) is 54.1 Å². The summed E-state index contributed by atoms with van der Waals surface area (Å²) in [6.45, 7) is 22.6. The Morgan fingerprint density at radius 3 is 1.87 bits per heavy atom. The summed E-state index contributed by atoms with van der Waals surface area (Å²) in [4.78, 5) is 3.23. The van der Waals surface area contributed by atoms with Gasteiger partial charge in [0, 0.05) is 17.1 Å². The maximum absolute atomic E-state index is 3.82. The number of nitrogens with one attached hydrogen (secondary N) is 2. The molecule has 0 atom stereocenters. The van der Waals surface area contributed by atoms with Crippen molar-refractivity contribution in [2.75, 3.05) is 14.1 Å². The third kappa shape index (κ3) is 9.93. The van der Waals surface area contributed by atoms with Gasteiger partial charge in [0.25, 0.3) is 0 Å². The summed E-state index contributed by atoms with van der Waals surface area (Å²) >= 11 is 0. The average Bonchev–Trinajstić information content (AvgIpc) is 3.26. The van der Waals surface area contributed by atoms with Gasteiger partial charge in [-0.1, -0.05) is 90.1 Å². The lowest BCUT2D eigenvalue weighted by atomic mass is 9.96. The van der Waals surface area contributed by atoms with Crippen LogP contribution in [0.5, 0.6) is 0 Å². The third-order valence-corrected chi connectivity index (χ3v) is 4.23. The summed E-state index contributed by atoms with van der Waals surface area (Å²) in [5.74, 6) is 0.582. The second-order valence-corrected chi connectivity index (χ2v) is 6.96. The third-order valence-electron chi connectivity index (χ3n) is 4.23. The number of hydrogen-bond donors (Lipinski definition) is 2. The van der Waals surface area contributed by atoms with E-state index in [2.05, 4.69) is 87.9 Å². The van der Waals surface area contributed by atoms with Gasteiger partial charge in [-0.15, -0.1) is 0 Å². The number of benzene rings is 2. The van der Waals surface area contributed by atoms with Crippen molar-refractivity contribution < 1.29 is 0 Å². The van der Waals surface area contributed by atoms with Crippen LogP contribution in [0.25, 0.3) is 17.0 Å². The molecule has 0 fully saturated rings. The topological polar surface area (TPSA) is 27.8 Å². The summed E-state index contributed by atoms with van der Waals surface area (Å²) in [5.41, 5.74) is 7.88. The van der Waals surface area contributed by atoms with Gasteiger partial charge in [-0.2, -0.15) is 0 Å². The zero-order valence-corrected chi connectivity index (χ0v) is 21.4. The first-order valence-electron chi connectivity index (χ1n) is 11.2. The van der Waals surface area contributed by atoms with Crippen molar-refractivity contribution >= 4 is 17.0 Å².